The Morgan fingerprint density at radius 2 is 1.73 bits per heavy atom. The van der Waals surface area contributed by atoms with Gasteiger partial charge in [0.15, 0.2) is 0 Å². The smallest absolute Gasteiger partial charge is 0.305 e. The van der Waals surface area contributed by atoms with Crippen molar-refractivity contribution in [2.75, 3.05) is 19.8 Å². The van der Waals surface area contributed by atoms with Crippen molar-refractivity contribution in [3.05, 3.63) is 0 Å². The molecule has 11 heavy (non-hydrogen) atoms. The molecular formula is C8H14O3. The van der Waals surface area contributed by atoms with E-state index in [1.807, 2.05) is 0 Å². The molecule has 0 aromatic heterocycles. The molecule has 0 amide bonds. The van der Waals surface area contributed by atoms with Crippen LogP contribution in [-0.4, -0.2) is 25.8 Å². The third kappa shape index (κ3) is 5.85. The van der Waals surface area contributed by atoms with E-state index in [-0.39, 0.29) is 5.97 Å². The Morgan fingerprint density at radius 3 is 2.36 bits per heavy atom. The molecule has 0 aliphatic carbocycles. The van der Waals surface area contributed by atoms with Gasteiger partial charge in [0.2, 0.25) is 0 Å². The molecule has 3 nitrogen and oxygen atoms in total. The summed E-state index contributed by atoms with van der Waals surface area (Å²) in [7, 11) is 0. The third-order valence-electron chi connectivity index (χ3n) is 1.49. The van der Waals surface area contributed by atoms with Crippen molar-refractivity contribution >= 4 is 5.97 Å². The Bertz CT molecular complexity index is 108. The highest BCUT2D eigenvalue weighted by Gasteiger charge is 2.05. The zero-order chi connectivity index (χ0) is 7.94. The summed E-state index contributed by atoms with van der Waals surface area (Å²) in [5, 5.41) is 0. The summed E-state index contributed by atoms with van der Waals surface area (Å²) in [6.45, 7) is 2.64. The van der Waals surface area contributed by atoms with Crippen molar-refractivity contribution in [2.45, 2.75) is 25.7 Å². The average Bonchev–Trinajstić information content (AvgIpc) is 2.76. The van der Waals surface area contributed by atoms with Gasteiger partial charge in [-0.15, -0.1) is 0 Å². The van der Waals surface area contributed by atoms with Crippen molar-refractivity contribution in [3.8, 4) is 0 Å². The lowest BCUT2D eigenvalue weighted by atomic mass is 10.2. The van der Waals surface area contributed by atoms with E-state index in [2.05, 4.69) is 4.74 Å². The Hall–Kier alpha value is -0.570. The summed E-state index contributed by atoms with van der Waals surface area (Å²) in [5.74, 6) is -0.0255. The van der Waals surface area contributed by atoms with Crippen LogP contribution in [0, 0.1) is 0 Å². The first-order valence-electron chi connectivity index (χ1n) is 4.13. The van der Waals surface area contributed by atoms with Crippen LogP contribution in [0.15, 0.2) is 0 Å². The predicted octanol–water partition coefficient (Wildman–Crippen LogP) is 1.12. The van der Waals surface area contributed by atoms with E-state index in [1.54, 1.807) is 0 Å². The molecule has 0 N–H and O–H groups in total. The maximum absolute atomic E-state index is 10.5. The van der Waals surface area contributed by atoms with Gasteiger partial charge in [0, 0.05) is 6.42 Å². The van der Waals surface area contributed by atoms with Gasteiger partial charge in [-0.3, -0.25) is 4.79 Å². The molecule has 0 aromatic rings. The van der Waals surface area contributed by atoms with Gasteiger partial charge >= 0.3 is 5.97 Å². The SMILES string of the molecule is C1CO1.O=C1CCCCCO1. The maximum Gasteiger partial charge on any atom is 0.305 e. The Kier molecular flexibility index (Phi) is 3.98. The lowest BCUT2D eigenvalue weighted by molar-refractivity contribution is -0.142. The van der Waals surface area contributed by atoms with E-state index in [0.29, 0.717) is 13.0 Å². The summed E-state index contributed by atoms with van der Waals surface area (Å²) in [5.41, 5.74) is 0. The molecule has 0 atom stereocenters. The fourth-order valence-electron chi connectivity index (χ4n) is 0.806. The number of carbonyl (C=O) groups excluding carboxylic acids is 1. The minimum Gasteiger partial charge on any atom is -0.466 e. The van der Waals surface area contributed by atoms with Crippen LogP contribution in [0.25, 0.3) is 0 Å². The number of carbonyl (C=O) groups is 1. The van der Waals surface area contributed by atoms with Crippen molar-refractivity contribution < 1.29 is 14.3 Å². The molecule has 0 aromatic carbocycles. The number of rotatable bonds is 0. The zero-order valence-electron chi connectivity index (χ0n) is 6.67. The number of hydrogen-bond acceptors (Lipinski definition) is 3. The highest BCUT2D eigenvalue weighted by atomic mass is 16.6. The molecule has 0 spiro atoms. The zero-order valence-corrected chi connectivity index (χ0v) is 6.67. The fraction of sp³-hybridized carbons (Fsp3) is 0.875. The monoisotopic (exact) mass is 158 g/mol. The van der Waals surface area contributed by atoms with Gasteiger partial charge in [-0.1, -0.05) is 0 Å². The van der Waals surface area contributed by atoms with Crippen LogP contribution in [0.2, 0.25) is 0 Å². The van der Waals surface area contributed by atoms with Gasteiger partial charge in [0.05, 0.1) is 19.8 Å². The second-order valence-corrected chi connectivity index (χ2v) is 2.64. The number of esters is 1. The van der Waals surface area contributed by atoms with Gasteiger partial charge in [0.1, 0.15) is 0 Å². The van der Waals surface area contributed by atoms with E-state index in [1.165, 1.54) is 0 Å². The lowest BCUT2D eigenvalue weighted by Gasteiger charge is -1.93. The molecule has 2 aliphatic rings. The molecule has 2 fully saturated rings. The molecule has 2 saturated heterocycles. The Labute approximate surface area is 66.7 Å². The largest absolute Gasteiger partial charge is 0.466 e. The summed E-state index contributed by atoms with van der Waals surface area (Å²) >= 11 is 0. The molecule has 64 valence electrons. The van der Waals surface area contributed by atoms with Crippen LogP contribution < -0.4 is 0 Å². The highest BCUT2D eigenvalue weighted by Crippen LogP contribution is 2.06. The standard InChI is InChI=1S/C6H10O2.C2H4O/c7-6-4-2-1-3-5-8-6;1-2-3-1/h1-5H2;1-2H2. The number of epoxide rings is 1. The van der Waals surface area contributed by atoms with Gasteiger partial charge < -0.3 is 9.47 Å². The van der Waals surface area contributed by atoms with Crippen LogP contribution in [0.4, 0.5) is 0 Å². The lowest BCUT2D eigenvalue weighted by Crippen LogP contribution is -2.00. The maximum atomic E-state index is 10.5. The third-order valence-corrected chi connectivity index (χ3v) is 1.49. The first kappa shape index (κ1) is 8.53. The second-order valence-electron chi connectivity index (χ2n) is 2.64. The Morgan fingerprint density at radius 1 is 1.00 bits per heavy atom. The summed E-state index contributed by atoms with van der Waals surface area (Å²) in [6.07, 6.45) is 3.83. The van der Waals surface area contributed by atoms with E-state index in [0.717, 1.165) is 32.5 Å². The summed E-state index contributed by atoms with van der Waals surface area (Å²) in [6, 6.07) is 0. The van der Waals surface area contributed by atoms with Crippen LogP contribution in [0.1, 0.15) is 25.7 Å². The fourth-order valence-corrected chi connectivity index (χ4v) is 0.806. The molecule has 0 saturated carbocycles. The summed E-state index contributed by atoms with van der Waals surface area (Å²) < 4.78 is 9.26. The van der Waals surface area contributed by atoms with Crippen molar-refractivity contribution in [1.82, 2.24) is 0 Å². The highest BCUT2D eigenvalue weighted by molar-refractivity contribution is 5.69. The van der Waals surface area contributed by atoms with E-state index < -0.39 is 0 Å². The quantitative estimate of drug-likeness (QED) is 0.391. The first-order valence-corrected chi connectivity index (χ1v) is 4.13. The molecule has 0 unspecified atom stereocenters. The number of hydrogen-bond donors (Lipinski definition) is 0. The average molecular weight is 158 g/mol. The van der Waals surface area contributed by atoms with E-state index in [9.17, 15) is 4.79 Å². The molecule has 2 heterocycles. The normalized spacial score (nSPS) is 22.4. The van der Waals surface area contributed by atoms with Crippen molar-refractivity contribution in [2.24, 2.45) is 0 Å². The predicted molar refractivity (Wildman–Crippen MR) is 40.2 cm³/mol. The molecule has 0 bridgehead atoms. The second kappa shape index (κ2) is 5.13. The molecule has 2 aliphatic heterocycles. The van der Waals surface area contributed by atoms with Gasteiger partial charge in [-0.25, -0.2) is 0 Å². The number of cyclic esters (lactones) is 1. The van der Waals surface area contributed by atoms with Crippen molar-refractivity contribution in [3.63, 3.8) is 0 Å². The molecular weight excluding hydrogens is 144 g/mol. The molecule has 2 rings (SSSR count). The van der Waals surface area contributed by atoms with Gasteiger partial charge in [-0.2, -0.15) is 0 Å². The molecule has 0 radical (unpaired) electrons. The van der Waals surface area contributed by atoms with Crippen LogP contribution in [0.3, 0.4) is 0 Å². The first-order chi connectivity index (χ1) is 5.39. The minimum atomic E-state index is -0.0255. The van der Waals surface area contributed by atoms with Gasteiger partial charge in [-0.05, 0) is 19.3 Å². The van der Waals surface area contributed by atoms with Gasteiger partial charge in [0.25, 0.3) is 0 Å². The van der Waals surface area contributed by atoms with Crippen LogP contribution in [0.5, 0.6) is 0 Å². The minimum absolute atomic E-state index is 0.0255. The topological polar surface area (TPSA) is 38.8 Å². The van der Waals surface area contributed by atoms with E-state index in [4.69, 9.17) is 4.74 Å². The summed E-state index contributed by atoms with van der Waals surface area (Å²) in [4.78, 5) is 10.5. The van der Waals surface area contributed by atoms with Crippen LogP contribution >= 0.6 is 0 Å². The molecule has 3 heteroatoms. The van der Waals surface area contributed by atoms with Crippen molar-refractivity contribution in [1.29, 1.82) is 0 Å². The van der Waals surface area contributed by atoms with E-state index >= 15 is 0 Å². The van der Waals surface area contributed by atoms with Crippen LogP contribution in [-0.2, 0) is 14.3 Å². The number of ether oxygens (including phenoxy) is 2. The Balaban J connectivity index is 0.000000167.